The number of hydrogen-bond acceptors (Lipinski definition) is 4. The van der Waals surface area contributed by atoms with Gasteiger partial charge in [-0.1, -0.05) is 31.0 Å². The molecular weight excluding hydrogens is 439 g/mol. The summed E-state index contributed by atoms with van der Waals surface area (Å²) in [7, 11) is 0. The van der Waals surface area contributed by atoms with Crippen LogP contribution in [0, 0.1) is 41.9 Å². The predicted octanol–water partition coefficient (Wildman–Crippen LogP) is 6.28. The second kappa shape index (κ2) is 8.80. The van der Waals surface area contributed by atoms with Crippen molar-refractivity contribution in [2.24, 2.45) is 5.92 Å². The standard InChI is InChI=1S/C21H23F5N2O2S/c1-10-17(31-18-15(25)13(23)12(22)14(24)16(18)26)19(28(27-10)21(2,3)4)30-20(29)11-8-6-5-7-9-11/h11H,5-9H2,1-4H3. The van der Waals surface area contributed by atoms with Crippen LogP contribution in [0.1, 0.15) is 58.6 Å². The Morgan fingerprint density at radius 2 is 1.45 bits per heavy atom. The number of nitrogens with zero attached hydrogens (tertiary/aromatic N) is 2. The molecule has 1 aliphatic rings. The molecule has 2 aromatic rings. The fourth-order valence-corrected chi connectivity index (χ4v) is 4.41. The highest BCUT2D eigenvalue weighted by Gasteiger charge is 2.33. The number of benzene rings is 1. The van der Waals surface area contributed by atoms with E-state index in [1.165, 1.54) is 11.6 Å². The van der Waals surface area contributed by atoms with Gasteiger partial charge in [-0.05, 0) is 40.5 Å². The third-order valence-electron chi connectivity index (χ3n) is 5.11. The van der Waals surface area contributed by atoms with Gasteiger partial charge in [-0.2, -0.15) is 5.10 Å². The molecule has 0 aliphatic heterocycles. The number of hydrogen-bond donors (Lipinski definition) is 0. The second-order valence-corrected chi connectivity index (χ2v) is 9.58. The maximum absolute atomic E-state index is 14.3. The van der Waals surface area contributed by atoms with Gasteiger partial charge in [0.2, 0.25) is 11.7 Å². The highest BCUT2D eigenvalue weighted by atomic mass is 32.2. The molecule has 31 heavy (non-hydrogen) atoms. The Morgan fingerprint density at radius 3 is 1.97 bits per heavy atom. The van der Waals surface area contributed by atoms with Crippen molar-refractivity contribution in [2.75, 3.05) is 0 Å². The Kier molecular flexibility index (Phi) is 6.69. The average molecular weight is 462 g/mol. The molecule has 1 aromatic carbocycles. The minimum absolute atomic E-state index is 0.0160. The summed E-state index contributed by atoms with van der Waals surface area (Å²) in [5.74, 6) is -11.1. The van der Waals surface area contributed by atoms with Crippen molar-refractivity contribution < 1.29 is 31.5 Å². The van der Waals surface area contributed by atoms with E-state index in [0.717, 1.165) is 19.3 Å². The van der Waals surface area contributed by atoms with Gasteiger partial charge in [-0.3, -0.25) is 4.79 Å². The van der Waals surface area contributed by atoms with E-state index in [1.807, 2.05) is 0 Å². The average Bonchev–Trinajstić information content (AvgIpc) is 3.04. The summed E-state index contributed by atoms with van der Waals surface area (Å²) in [5, 5.41) is 4.31. The molecule has 0 N–H and O–H groups in total. The topological polar surface area (TPSA) is 44.1 Å². The van der Waals surface area contributed by atoms with Gasteiger partial charge in [0.05, 0.1) is 26.9 Å². The number of carbonyl (C=O) groups excluding carboxylic acids is 1. The van der Waals surface area contributed by atoms with Crippen LogP contribution in [-0.2, 0) is 10.3 Å². The molecule has 0 saturated heterocycles. The van der Waals surface area contributed by atoms with E-state index < -0.39 is 45.5 Å². The minimum Gasteiger partial charge on any atom is -0.406 e. The summed E-state index contributed by atoms with van der Waals surface area (Å²) in [6, 6.07) is 0. The maximum Gasteiger partial charge on any atom is 0.315 e. The number of ether oxygens (including phenoxy) is 1. The highest BCUT2D eigenvalue weighted by Crippen LogP contribution is 2.43. The molecule has 0 amide bonds. The lowest BCUT2D eigenvalue weighted by Crippen LogP contribution is -2.28. The molecule has 1 heterocycles. The molecule has 1 aliphatic carbocycles. The van der Waals surface area contributed by atoms with Crippen molar-refractivity contribution in [2.45, 2.75) is 75.1 Å². The quantitative estimate of drug-likeness (QED) is 0.232. The fraction of sp³-hybridized carbons (Fsp3) is 0.524. The normalized spacial score (nSPS) is 15.4. The van der Waals surface area contributed by atoms with Crippen LogP contribution in [0.2, 0.25) is 0 Å². The molecule has 0 unspecified atom stereocenters. The zero-order chi connectivity index (χ0) is 23.1. The first kappa shape index (κ1) is 23.6. The van der Waals surface area contributed by atoms with Gasteiger partial charge in [-0.15, -0.1) is 0 Å². The minimum atomic E-state index is -2.23. The van der Waals surface area contributed by atoms with E-state index in [-0.39, 0.29) is 22.4 Å². The van der Waals surface area contributed by atoms with Crippen LogP contribution in [0.15, 0.2) is 9.79 Å². The molecule has 0 atom stereocenters. The molecule has 3 rings (SSSR count). The summed E-state index contributed by atoms with van der Waals surface area (Å²) < 4.78 is 76.3. The van der Waals surface area contributed by atoms with Crippen LogP contribution in [0.25, 0.3) is 0 Å². The largest absolute Gasteiger partial charge is 0.406 e. The lowest BCUT2D eigenvalue weighted by Gasteiger charge is -2.24. The summed E-state index contributed by atoms with van der Waals surface area (Å²) in [6.07, 6.45) is 4.15. The molecule has 1 fully saturated rings. The Labute approximate surface area is 181 Å². The predicted molar refractivity (Wildman–Crippen MR) is 105 cm³/mol. The summed E-state index contributed by atoms with van der Waals surface area (Å²) in [6.45, 7) is 6.85. The first-order valence-electron chi connectivity index (χ1n) is 9.94. The summed E-state index contributed by atoms with van der Waals surface area (Å²) >= 11 is 0.299. The van der Waals surface area contributed by atoms with Gasteiger partial charge in [0.15, 0.2) is 23.3 Å². The molecular formula is C21H23F5N2O2S. The number of aryl methyl sites for hydroxylation is 1. The van der Waals surface area contributed by atoms with E-state index in [4.69, 9.17) is 4.74 Å². The monoisotopic (exact) mass is 462 g/mol. The Hall–Kier alpha value is -2.10. The molecule has 0 spiro atoms. The summed E-state index contributed by atoms with van der Waals surface area (Å²) in [4.78, 5) is 11.7. The number of rotatable bonds is 4. The van der Waals surface area contributed by atoms with Gasteiger partial charge >= 0.3 is 5.97 Å². The maximum atomic E-state index is 14.3. The van der Waals surface area contributed by atoms with Crippen molar-refractivity contribution in [3.8, 4) is 5.88 Å². The van der Waals surface area contributed by atoms with Gasteiger partial charge < -0.3 is 4.74 Å². The van der Waals surface area contributed by atoms with Crippen molar-refractivity contribution >= 4 is 17.7 Å². The number of esters is 1. The van der Waals surface area contributed by atoms with E-state index in [9.17, 15) is 26.7 Å². The van der Waals surface area contributed by atoms with Gasteiger partial charge in [0, 0.05) is 0 Å². The molecule has 1 aromatic heterocycles. The molecule has 10 heteroatoms. The number of carbonyl (C=O) groups is 1. The van der Waals surface area contributed by atoms with Crippen molar-refractivity contribution in [3.63, 3.8) is 0 Å². The Morgan fingerprint density at radius 1 is 0.935 bits per heavy atom. The lowest BCUT2D eigenvalue weighted by molar-refractivity contribution is -0.140. The SMILES string of the molecule is Cc1nn(C(C)(C)C)c(OC(=O)C2CCCCC2)c1Sc1c(F)c(F)c(F)c(F)c1F. The Balaban J connectivity index is 2.07. The second-order valence-electron chi connectivity index (χ2n) is 8.56. The molecule has 170 valence electrons. The molecule has 0 bridgehead atoms. The van der Waals surface area contributed by atoms with E-state index in [0.29, 0.717) is 24.6 Å². The smallest absolute Gasteiger partial charge is 0.315 e. The van der Waals surface area contributed by atoms with Crippen LogP contribution in [0.4, 0.5) is 22.0 Å². The lowest BCUT2D eigenvalue weighted by atomic mass is 9.89. The molecule has 0 radical (unpaired) electrons. The van der Waals surface area contributed by atoms with Gasteiger partial charge in [0.1, 0.15) is 0 Å². The van der Waals surface area contributed by atoms with Crippen LogP contribution >= 0.6 is 11.8 Å². The summed E-state index contributed by atoms with van der Waals surface area (Å²) in [5.41, 5.74) is -0.447. The van der Waals surface area contributed by atoms with E-state index >= 15 is 0 Å². The van der Waals surface area contributed by atoms with Crippen molar-refractivity contribution in [3.05, 3.63) is 34.8 Å². The molecule has 4 nitrogen and oxygen atoms in total. The van der Waals surface area contributed by atoms with Crippen LogP contribution in [0.5, 0.6) is 5.88 Å². The van der Waals surface area contributed by atoms with Crippen LogP contribution in [-0.4, -0.2) is 15.7 Å². The first-order chi connectivity index (χ1) is 14.4. The zero-order valence-corrected chi connectivity index (χ0v) is 18.4. The van der Waals surface area contributed by atoms with Gasteiger partial charge in [0.25, 0.3) is 0 Å². The zero-order valence-electron chi connectivity index (χ0n) is 17.6. The number of aromatic nitrogens is 2. The van der Waals surface area contributed by atoms with Crippen molar-refractivity contribution in [1.82, 2.24) is 9.78 Å². The third kappa shape index (κ3) is 4.58. The van der Waals surface area contributed by atoms with Crippen molar-refractivity contribution in [1.29, 1.82) is 0 Å². The Bertz CT molecular complexity index is 981. The van der Waals surface area contributed by atoms with Crippen LogP contribution < -0.4 is 4.74 Å². The fourth-order valence-electron chi connectivity index (χ4n) is 3.45. The van der Waals surface area contributed by atoms with Gasteiger partial charge in [-0.25, -0.2) is 26.6 Å². The highest BCUT2D eigenvalue weighted by molar-refractivity contribution is 7.99. The van der Waals surface area contributed by atoms with Crippen LogP contribution in [0.3, 0.4) is 0 Å². The molecule has 1 saturated carbocycles. The third-order valence-corrected chi connectivity index (χ3v) is 6.35. The van der Waals surface area contributed by atoms with E-state index in [2.05, 4.69) is 5.10 Å². The first-order valence-corrected chi connectivity index (χ1v) is 10.8. The van der Waals surface area contributed by atoms with E-state index in [1.54, 1.807) is 20.8 Å². The number of halogens is 5.